The van der Waals surface area contributed by atoms with Crippen LogP contribution in [0.1, 0.15) is 46.5 Å². The number of carbonyl (C=O) groups is 1. The maximum absolute atomic E-state index is 11.5. The molecule has 0 bridgehead atoms. The van der Waals surface area contributed by atoms with E-state index in [1.807, 2.05) is 6.92 Å². The highest BCUT2D eigenvalue weighted by atomic mass is 32.2. The topological polar surface area (TPSA) is 40.5 Å². The SMILES string of the molecule is CCC1(C(=O)O)CCN(C2CSCC(C)(C)C2)CC1. The van der Waals surface area contributed by atoms with Gasteiger partial charge in [-0.3, -0.25) is 9.69 Å². The van der Waals surface area contributed by atoms with Gasteiger partial charge in [-0.1, -0.05) is 20.8 Å². The van der Waals surface area contributed by atoms with Crippen molar-refractivity contribution in [1.82, 2.24) is 4.90 Å². The van der Waals surface area contributed by atoms with E-state index in [0.29, 0.717) is 11.5 Å². The van der Waals surface area contributed by atoms with Gasteiger partial charge >= 0.3 is 5.97 Å². The number of carboxylic acids is 1. The second-order valence-corrected chi connectivity index (χ2v) is 8.04. The first-order valence-electron chi connectivity index (χ1n) is 7.44. The first-order valence-corrected chi connectivity index (χ1v) is 8.59. The Morgan fingerprint density at radius 2 is 2.00 bits per heavy atom. The third-order valence-corrected chi connectivity index (χ3v) is 6.60. The predicted octanol–water partition coefficient (Wildman–Crippen LogP) is 3.09. The Morgan fingerprint density at radius 3 is 2.47 bits per heavy atom. The highest BCUT2D eigenvalue weighted by Crippen LogP contribution is 2.40. The van der Waals surface area contributed by atoms with Crippen molar-refractivity contribution in [2.75, 3.05) is 24.6 Å². The van der Waals surface area contributed by atoms with Crippen LogP contribution in [-0.2, 0) is 4.79 Å². The Kier molecular flexibility index (Phi) is 4.51. The van der Waals surface area contributed by atoms with E-state index in [2.05, 4.69) is 30.5 Å². The minimum Gasteiger partial charge on any atom is -0.481 e. The number of piperidine rings is 1. The van der Waals surface area contributed by atoms with Gasteiger partial charge in [0.1, 0.15) is 0 Å². The van der Waals surface area contributed by atoms with Crippen LogP contribution in [0.15, 0.2) is 0 Å². The molecule has 2 aliphatic heterocycles. The van der Waals surface area contributed by atoms with Crippen molar-refractivity contribution in [3.63, 3.8) is 0 Å². The van der Waals surface area contributed by atoms with Crippen LogP contribution in [-0.4, -0.2) is 46.6 Å². The monoisotopic (exact) mass is 285 g/mol. The van der Waals surface area contributed by atoms with Gasteiger partial charge in [0, 0.05) is 11.8 Å². The molecule has 2 fully saturated rings. The number of likely N-dealkylation sites (tertiary alicyclic amines) is 1. The standard InChI is InChI=1S/C15H27NO2S/c1-4-15(13(17)18)5-7-16(8-6-15)12-9-14(2,3)11-19-10-12/h12H,4-11H2,1-3H3,(H,17,18). The number of thioether (sulfide) groups is 1. The van der Waals surface area contributed by atoms with Crippen LogP contribution >= 0.6 is 11.8 Å². The van der Waals surface area contributed by atoms with Gasteiger partial charge in [0.25, 0.3) is 0 Å². The van der Waals surface area contributed by atoms with Crippen molar-refractivity contribution in [3.8, 4) is 0 Å². The number of hydrogen-bond donors (Lipinski definition) is 1. The molecule has 1 unspecified atom stereocenters. The molecular weight excluding hydrogens is 258 g/mol. The molecule has 1 N–H and O–H groups in total. The quantitative estimate of drug-likeness (QED) is 0.865. The number of rotatable bonds is 3. The summed E-state index contributed by atoms with van der Waals surface area (Å²) in [5, 5.41) is 9.45. The molecule has 0 spiro atoms. The third kappa shape index (κ3) is 3.27. The van der Waals surface area contributed by atoms with E-state index in [4.69, 9.17) is 0 Å². The Labute approximate surface area is 121 Å². The fraction of sp³-hybridized carbons (Fsp3) is 0.933. The van der Waals surface area contributed by atoms with Crippen molar-refractivity contribution < 1.29 is 9.90 Å². The maximum atomic E-state index is 11.5. The molecule has 2 aliphatic rings. The van der Waals surface area contributed by atoms with Crippen molar-refractivity contribution in [2.24, 2.45) is 10.8 Å². The van der Waals surface area contributed by atoms with E-state index in [9.17, 15) is 9.90 Å². The predicted molar refractivity (Wildman–Crippen MR) is 80.7 cm³/mol. The first-order chi connectivity index (χ1) is 8.88. The lowest BCUT2D eigenvalue weighted by molar-refractivity contribution is -0.152. The molecule has 4 heteroatoms. The molecule has 0 aromatic carbocycles. The van der Waals surface area contributed by atoms with E-state index < -0.39 is 11.4 Å². The number of nitrogens with zero attached hydrogens (tertiary/aromatic N) is 1. The zero-order valence-electron chi connectivity index (χ0n) is 12.4. The van der Waals surface area contributed by atoms with Gasteiger partial charge in [0.2, 0.25) is 0 Å². The minimum atomic E-state index is -0.590. The smallest absolute Gasteiger partial charge is 0.309 e. The second-order valence-electron chi connectivity index (χ2n) is 7.01. The molecule has 0 aromatic rings. The van der Waals surface area contributed by atoms with Crippen molar-refractivity contribution >= 4 is 17.7 Å². The van der Waals surface area contributed by atoms with Gasteiger partial charge < -0.3 is 5.11 Å². The van der Waals surface area contributed by atoms with Crippen molar-refractivity contribution in [1.29, 1.82) is 0 Å². The molecule has 0 radical (unpaired) electrons. The Balaban J connectivity index is 1.94. The molecule has 0 aromatic heterocycles. The highest BCUT2D eigenvalue weighted by Gasteiger charge is 2.42. The Bertz CT molecular complexity index is 335. The van der Waals surface area contributed by atoms with Gasteiger partial charge in [-0.2, -0.15) is 11.8 Å². The average molecular weight is 285 g/mol. The second kappa shape index (κ2) is 5.65. The van der Waals surface area contributed by atoms with Crippen LogP contribution in [0.4, 0.5) is 0 Å². The maximum Gasteiger partial charge on any atom is 0.309 e. The van der Waals surface area contributed by atoms with Crippen LogP contribution in [0.25, 0.3) is 0 Å². The Hall–Kier alpha value is -0.220. The molecule has 19 heavy (non-hydrogen) atoms. The van der Waals surface area contributed by atoms with Crippen LogP contribution in [0.5, 0.6) is 0 Å². The van der Waals surface area contributed by atoms with E-state index in [-0.39, 0.29) is 0 Å². The van der Waals surface area contributed by atoms with E-state index in [1.54, 1.807) is 0 Å². The molecule has 2 heterocycles. The molecular formula is C15H27NO2S. The van der Waals surface area contributed by atoms with E-state index in [1.165, 1.54) is 17.9 Å². The summed E-state index contributed by atoms with van der Waals surface area (Å²) in [5.41, 5.74) is -0.0203. The van der Waals surface area contributed by atoms with Crippen molar-refractivity contribution in [2.45, 2.75) is 52.5 Å². The summed E-state index contributed by atoms with van der Waals surface area (Å²) in [6.45, 7) is 8.64. The average Bonchev–Trinajstić information content (AvgIpc) is 2.37. The van der Waals surface area contributed by atoms with Crippen LogP contribution < -0.4 is 0 Å². The summed E-state index contributed by atoms with van der Waals surface area (Å²) < 4.78 is 0. The minimum absolute atomic E-state index is 0.430. The first kappa shape index (κ1) is 15.2. The van der Waals surface area contributed by atoms with Gasteiger partial charge in [-0.05, 0) is 49.9 Å². The number of hydrogen-bond acceptors (Lipinski definition) is 3. The van der Waals surface area contributed by atoms with Gasteiger partial charge in [-0.15, -0.1) is 0 Å². The van der Waals surface area contributed by atoms with Gasteiger partial charge in [0.15, 0.2) is 0 Å². The summed E-state index contributed by atoms with van der Waals surface area (Å²) in [6.07, 6.45) is 3.66. The lowest BCUT2D eigenvalue weighted by Crippen LogP contribution is -2.51. The molecule has 3 nitrogen and oxygen atoms in total. The zero-order chi connectivity index (χ0) is 14.1. The van der Waals surface area contributed by atoms with E-state index in [0.717, 1.165) is 32.4 Å². The Morgan fingerprint density at radius 1 is 1.37 bits per heavy atom. The zero-order valence-corrected chi connectivity index (χ0v) is 13.3. The summed E-state index contributed by atoms with van der Waals surface area (Å²) in [6, 6.07) is 0.650. The fourth-order valence-corrected chi connectivity index (χ4v) is 4.89. The molecule has 0 saturated carbocycles. The van der Waals surface area contributed by atoms with Crippen LogP contribution in [0.2, 0.25) is 0 Å². The van der Waals surface area contributed by atoms with Crippen LogP contribution in [0, 0.1) is 10.8 Å². The summed E-state index contributed by atoms with van der Waals surface area (Å²) in [5.74, 6) is 1.88. The van der Waals surface area contributed by atoms with Gasteiger partial charge in [0.05, 0.1) is 5.41 Å². The van der Waals surface area contributed by atoms with E-state index >= 15 is 0 Å². The molecule has 0 aliphatic carbocycles. The summed E-state index contributed by atoms with van der Waals surface area (Å²) in [7, 11) is 0. The lowest BCUT2D eigenvalue weighted by atomic mass is 9.75. The highest BCUT2D eigenvalue weighted by molar-refractivity contribution is 7.99. The third-order valence-electron chi connectivity index (χ3n) is 4.99. The summed E-state index contributed by atoms with van der Waals surface area (Å²) >= 11 is 2.06. The van der Waals surface area contributed by atoms with Crippen molar-refractivity contribution in [3.05, 3.63) is 0 Å². The fourth-order valence-electron chi connectivity index (χ4n) is 3.50. The molecule has 2 rings (SSSR count). The lowest BCUT2D eigenvalue weighted by Gasteiger charge is -2.45. The summed E-state index contributed by atoms with van der Waals surface area (Å²) in [4.78, 5) is 14.0. The molecule has 110 valence electrons. The largest absolute Gasteiger partial charge is 0.481 e. The molecule has 2 saturated heterocycles. The van der Waals surface area contributed by atoms with Gasteiger partial charge in [-0.25, -0.2) is 0 Å². The molecule has 1 atom stereocenters. The number of carboxylic acid groups (broad SMARTS) is 1. The normalized spacial score (nSPS) is 31.0. The number of aliphatic carboxylic acids is 1. The molecule has 0 amide bonds. The van der Waals surface area contributed by atoms with Crippen LogP contribution in [0.3, 0.4) is 0 Å².